The lowest BCUT2D eigenvalue weighted by atomic mass is 10.1. The van der Waals surface area contributed by atoms with Crippen LogP contribution in [0.1, 0.15) is 16.7 Å². The van der Waals surface area contributed by atoms with Crippen LogP contribution >= 0.6 is 0 Å². The van der Waals surface area contributed by atoms with E-state index in [2.05, 4.69) is 4.99 Å². The molecule has 2 rings (SSSR count). The van der Waals surface area contributed by atoms with Gasteiger partial charge in [0.15, 0.2) is 11.5 Å². The monoisotopic (exact) mass is 293 g/mol. The van der Waals surface area contributed by atoms with Gasteiger partial charge in [-0.25, -0.2) is 0 Å². The van der Waals surface area contributed by atoms with Crippen molar-refractivity contribution < 1.29 is 14.9 Å². The third kappa shape index (κ3) is 2.82. The van der Waals surface area contributed by atoms with Crippen LogP contribution in [0.15, 0.2) is 35.3 Å². The van der Waals surface area contributed by atoms with Crippen LogP contribution in [0.3, 0.4) is 0 Å². The molecular weight excluding hydrogens is 282 g/mol. The molecule has 0 unspecified atom stereocenters. The van der Waals surface area contributed by atoms with E-state index in [9.17, 15) is 10.2 Å². The van der Waals surface area contributed by atoms with Gasteiger partial charge in [0.25, 0.3) is 0 Å². The predicted octanol–water partition coefficient (Wildman–Crippen LogP) is 2.60. The van der Waals surface area contributed by atoms with E-state index < -0.39 is 11.5 Å². The first kappa shape index (κ1) is 14.9. The van der Waals surface area contributed by atoms with Crippen LogP contribution in [0.5, 0.6) is 17.2 Å². The van der Waals surface area contributed by atoms with E-state index in [4.69, 9.17) is 15.3 Å². The van der Waals surface area contributed by atoms with Crippen LogP contribution in [-0.4, -0.2) is 23.5 Å². The predicted molar refractivity (Wildman–Crippen MR) is 79.4 cm³/mol. The molecule has 0 aliphatic heterocycles. The van der Waals surface area contributed by atoms with Crippen molar-refractivity contribution in [1.29, 1.82) is 10.5 Å². The van der Waals surface area contributed by atoms with Gasteiger partial charge in [0.2, 0.25) is 0 Å². The normalized spacial score (nSPS) is 10.1. The third-order valence-corrected chi connectivity index (χ3v) is 2.94. The van der Waals surface area contributed by atoms with Crippen LogP contribution < -0.4 is 4.74 Å². The zero-order valence-electron chi connectivity index (χ0n) is 11.6. The SMILES string of the molecule is COc1ccc(/C=N/c2c(C#N)cc(O)c(O)c2C#N)cc1. The molecule has 108 valence electrons. The summed E-state index contributed by atoms with van der Waals surface area (Å²) < 4.78 is 5.04. The molecule has 0 spiro atoms. The third-order valence-electron chi connectivity index (χ3n) is 2.94. The van der Waals surface area contributed by atoms with Gasteiger partial charge in [-0.05, 0) is 29.8 Å². The van der Waals surface area contributed by atoms with Gasteiger partial charge in [-0.3, -0.25) is 4.99 Å². The van der Waals surface area contributed by atoms with E-state index in [-0.39, 0.29) is 16.8 Å². The summed E-state index contributed by atoms with van der Waals surface area (Å²) in [6.07, 6.45) is 1.45. The van der Waals surface area contributed by atoms with Crippen molar-refractivity contribution in [2.75, 3.05) is 7.11 Å². The molecule has 0 atom stereocenters. The topological polar surface area (TPSA) is 110 Å². The van der Waals surface area contributed by atoms with Crippen LogP contribution in [0, 0.1) is 22.7 Å². The van der Waals surface area contributed by atoms with Crippen LogP contribution in [-0.2, 0) is 0 Å². The van der Waals surface area contributed by atoms with E-state index in [0.717, 1.165) is 11.6 Å². The maximum absolute atomic E-state index is 9.69. The number of methoxy groups -OCH3 is 1. The Balaban J connectivity index is 2.48. The first-order valence-electron chi connectivity index (χ1n) is 6.18. The fourth-order valence-corrected chi connectivity index (χ4v) is 1.80. The molecule has 6 heteroatoms. The van der Waals surface area contributed by atoms with Gasteiger partial charge in [-0.1, -0.05) is 0 Å². The highest BCUT2D eigenvalue weighted by Crippen LogP contribution is 2.38. The molecule has 6 nitrogen and oxygen atoms in total. The number of hydrogen-bond acceptors (Lipinski definition) is 6. The quantitative estimate of drug-likeness (QED) is 0.667. The number of ether oxygens (including phenoxy) is 1. The second-order valence-electron chi connectivity index (χ2n) is 4.27. The summed E-state index contributed by atoms with van der Waals surface area (Å²) >= 11 is 0. The van der Waals surface area contributed by atoms with Crippen molar-refractivity contribution in [3.05, 3.63) is 47.0 Å². The van der Waals surface area contributed by atoms with Gasteiger partial charge in [0.1, 0.15) is 29.1 Å². The second-order valence-corrected chi connectivity index (χ2v) is 4.27. The van der Waals surface area contributed by atoms with Crippen molar-refractivity contribution in [3.8, 4) is 29.4 Å². The number of benzene rings is 2. The Labute approximate surface area is 126 Å². The minimum atomic E-state index is -0.594. The molecule has 0 fully saturated rings. The van der Waals surface area contributed by atoms with E-state index in [1.165, 1.54) is 6.21 Å². The fourth-order valence-electron chi connectivity index (χ4n) is 1.80. The van der Waals surface area contributed by atoms with Crippen molar-refractivity contribution in [2.45, 2.75) is 0 Å². The van der Waals surface area contributed by atoms with Crippen molar-refractivity contribution >= 4 is 11.9 Å². The Morgan fingerprint density at radius 3 is 2.36 bits per heavy atom. The first-order chi connectivity index (χ1) is 10.6. The molecule has 0 radical (unpaired) electrons. The summed E-state index contributed by atoms with van der Waals surface area (Å²) in [4.78, 5) is 4.09. The van der Waals surface area contributed by atoms with Gasteiger partial charge in [0.05, 0.1) is 12.7 Å². The average molecular weight is 293 g/mol. The molecule has 0 bridgehead atoms. The van der Waals surface area contributed by atoms with Gasteiger partial charge in [-0.15, -0.1) is 0 Å². The average Bonchev–Trinajstić information content (AvgIpc) is 2.55. The summed E-state index contributed by atoms with van der Waals surface area (Å²) in [6.45, 7) is 0. The molecule has 0 heterocycles. The minimum Gasteiger partial charge on any atom is -0.504 e. The van der Waals surface area contributed by atoms with Crippen molar-refractivity contribution in [3.63, 3.8) is 0 Å². The lowest BCUT2D eigenvalue weighted by Crippen LogP contribution is -1.88. The standard InChI is InChI=1S/C16H11N3O3/c1-22-12-4-2-10(3-5-12)9-19-15-11(7-17)6-14(20)16(21)13(15)8-18/h2-6,9,20-21H,1H3/b19-9+. The molecular formula is C16H11N3O3. The molecule has 22 heavy (non-hydrogen) atoms. The molecule has 0 aromatic heterocycles. The Hall–Kier alpha value is -3.51. The lowest BCUT2D eigenvalue weighted by Gasteiger charge is -2.05. The summed E-state index contributed by atoms with van der Waals surface area (Å²) in [5, 5.41) is 37.3. The minimum absolute atomic E-state index is 0.00314. The summed E-state index contributed by atoms with van der Waals surface area (Å²) in [5.74, 6) is -0.435. The molecule has 0 amide bonds. The van der Waals surface area contributed by atoms with Crippen LogP contribution in [0.25, 0.3) is 0 Å². The first-order valence-corrected chi connectivity index (χ1v) is 6.18. The second kappa shape index (κ2) is 6.29. The number of phenols is 2. The van der Waals surface area contributed by atoms with E-state index >= 15 is 0 Å². The molecule has 2 aromatic rings. The van der Waals surface area contributed by atoms with Crippen LogP contribution in [0.2, 0.25) is 0 Å². The fraction of sp³-hybridized carbons (Fsp3) is 0.0625. The largest absolute Gasteiger partial charge is 0.504 e. The maximum Gasteiger partial charge on any atom is 0.177 e. The molecule has 2 aromatic carbocycles. The Morgan fingerprint density at radius 1 is 1.14 bits per heavy atom. The zero-order chi connectivity index (χ0) is 16.1. The highest BCUT2D eigenvalue weighted by Gasteiger charge is 2.16. The molecule has 0 aliphatic rings. The molecule has 0 saturated heterocycles. The van der Waals surface area contributed by atoms with Gasteiger partial charge >= 0.3 is 0 Å². The number of nitrogens with zero attached hydrogens (tertiary/aromatic N) is 3. The van der Waals surface area contributed by atoms with Gasteiger partial charge in [-0.2, -0.15) is 10.5 Å². The van der Waals surface area contributed by atoms with E-state index in [1.807, 2.05) is 6.07 Å². The summed E-state index contributed by atoms with van der Waals surface area (Å²) in [7, 11) is 1.56. The Morgan fingerprint density at radius 2 is 1.82 bits per heavy atom. The molecule has 2 N–H and O–H groups in total. The number of phenolic OH excluding ortho intramolecular Hbond substituents is 2. The highest BCUT2D eigenvalue weighted by molar-refractivity contribution is 5.85. The number of aliphatic imine (C=N–C) groups is 1. The maximum atomic E-state index is 9.69. The molecule has 0 aliphatic carbocycles. The highest BCUT2D eigenvalue weighted by atomic mass is 16.5. The van der Waals surface area contributed by atoms with E-state index in [0.29, 0.717) is 5.75 Å². The Bertz CT molecular complexity index is 813. The number of rotatable bonds is 3. The van der Waals surface area contributed by atoms with Crippen LogP contribution in [0.4, 0.5) is 5.69 Å². The van der Waals surface area contributed by atoms with Gasteiger partial charge in [0, 0.05) is 12.3 Å². The van der Waals surface area contributed by atoms with E-state index in [1.54, 1.807) is 37.4 Å². The zero-order valence-corrected chi connectivity index (χ0v) is 11.6. The molecule has 0 saturated carbocycles. The Kier molecular flexibility index (Phi) is 4.26. The summed E-state index contributed by atoms with van der Waals surface area (Å²) in [5.41, 5.74) is 0.482. The van der Waals surface area contributed by atoms with Crippen molar-refractivity contribution in [2.24, 2.45) is 4.99 Å². The summed E-state index contributed by atoms with van der Waals surface area (Å²) in [6, 6.07) is 11.6. The van der Waals surface area contributed by atoms with Gasteiger partial charge < -0.3 is 14.9 Å². The number of aromatic hydroxyl groups is 2. The van der Waals surface area contributed by atoms with Crippen molar-refractivity contribution in [1.82, 2.24) is 0 Å². The smallest absolute Gasteiger partial charge is 0.177 e. The number of nitriles is 2. The lowest BCUT2D eigenvalue weighted by molar-refractivity contribution is 0.402. The number of hydrogen-bond donors (Lipinski definition) is 2.